The lowest BCUT2D eigenvalue weighted by Gasteiger charge is -2.41. The lowest BCUT2D eigenvalue weighted by molar-refractivity contribution is -0.141. The van der Waals surface area contributed by atoms with E-state index in [0.29, 0.717) is 60.3 Å². The molecule has 2 aliphatic rings. The molecule has 3 aromatic rings. The molecule has 0 bridgehead atoms. The third kappa shape index (κ3) is 6.25. The molecule has 2 amide bonds. The van der Waals surface area contributed by atoms with E-state index in [9.17, 15) is 4.79 Å². The molecule has 3 atom stereocenters. The van der Waals surface area contributed by atoms with E-state index in [2.05, 4.69) is 45.3 Å². The molecule has 2 aromatic carbocycles. The van der Waals surface area contributed by atoms with E-state index in [-0.39, 0.29) is 23.1 Å². The lowest BCUT2D eigenvalue weighted by atomic mass is 9.72. The smallest absolute Gasteiger partial charge is 0.262 e. The maximum absolute atomic E-state index is 15.2. The van der Waals surface area contributed by atoms with Crippen LogP contribution in [0.1, 0.15) is 83.2 Å². The van der Waals surface area contributed by atoms with Crippen LogP contribution < -0.4 is 21.1 Å². The van der Waals surface area contributed by atoms with Gasteiger partial charge in [-0.15, -0.1) is 0 Å². The third-order valence-corrected chi connectivity index (χ3v) is 10.3. The van der Waals surface area contributed by atoms with Gasteiger partial charge in [-0.25, -0.2) is 0 Å². The molecule has 8 nitrogen and oxygen atoms in total. The standard InChI is InChI=1S/C36H45Cl2N5O3/c1-7-46-29-21-30(33(2,3)4)40-22-28(29)36(32(45)43-18-16-23(17-19-43)20-31(39)44)41-34(5,24-8-12-26(37)13-9-24)35(6,42-36)25-10-14-27(38)15-11-25/h8-15,21-23,41-42H,7,16-20H2,1-6H3,(H2,39,44)/t34-,35+,36?. The van der Waals surface area contributed by atoms with Gasteiger partial charge in [0.05, 0.1) is 23.2 Å². The predicted octanol–water partition coefficient (Wildman–Crippen LogP) is 6.38. The second kappa shape index (κ2) is 12.8. The topological polar surface area (TPSA) is 110 Å². The summed E-state index contributed by atoms with van der Waals surface area (Å²) in [5.41, 5.74) is 5.46. The van der Waals surface area contributed by atoms with Gasteiger partial charge in [-0.3, -0.25) is 25.2 Å². The summed E-state index contributed by atoms with van der Waals surface area (Å²) >= 11 is 12.7. The highest BCUT2D eigenvalue weighted by Crippen LogP contribution is 2.52. The van der Waals surface area contributed by atoms with Crippen molar-refractivity contribution in [2.75, 3.05) is 19.7 Å². The molecule has 2 saturated heterocycles. The van der Waals surface area contributed by atoms with Crippen LogP contribution in [0.15, 0.2) is 60.8 Å². The first kappa shape index (κ1) is 34.2. The molecular formula is C36H45Cl2N5O3. The highest BCUT2D eigenvalue weighted by Gasteiger charge is 2.65. The minimum Gasteiger partial charge on any atom is -0.493 e. The molecule has 5 rings (SSSR count). The molecule has 2 aliphatic heterocycles. The number of nitrogens with zero attached hydrogens (tertiary/aromatic N) is 2. The van der Waals surface area contributed by atoms with Gasteiger partial charge in [-0.1, -0.05) is 68.2 Å². The van der Waals surface area contributed by atoms with Crippen molar-refractivity contribution < 1.29 is 14.3 Å². The number of pyridine rings is 1. The van der Waals surface area contributed by atoms with Crippen LogP contribution in [-0.2, 0) is 31.7 Å². The quantitative estimate of drug-likeness (QED) is 0.258. The third-order valence-electron chi connectivity index (χ3n) is 9.77. The number of piperidine rings is 1. The zero-order valence-electron chi connectivity index (χ0n) is 27.5. The second-order valence-corrected chi connectivity index (χ2v) is 14.8. The lowest BCUT2D eigenvalue weighted by Crippen LogP contribution is -2.61. The van der Waals surface area contributed by atoms with Gasteiger partial charge in [0.1, 0.15) is 5.75 Å². The molecule has 2 fully saturated rings. The van der Waals surface area contributed by atoms with Gasteiger partial charge in [-0.2, -0.15) is 0 Å². The van der Waals surface area contributed by atoms with Crippen LogP contribution in [0.25, 0.3) is 0 Å². The van der Waals surface area contributed by atoms with Gasteiger partial charge in [0.15, 0.2) is 5.66 Å². The number of benzene rings is 2. The molecule has 0 spiro atoms. The molecule has 46 heavy (non-hydrogen) atoms. The minimum atomic E-state index is -1.45. The van der Waals surface area contributed by atoms with E-state index in [1.54, 1.807) is 6.20 Å². The maximum atomic E-state index is 15.2. The van der Waals surface area contributed by atoms with Crippen LogP contribution >= 0.6 is 23.2 Å². The highest BCUT2D eigenvalue weighted by atomic mass is 35.5. The molecule has 10 heteroatoms. The van der Waals surface area contributed by atoms with Gasteiger partial charge < -0.3 is 15.4 Å². The summed E-state index contributed by atoms with van der Waals surface area (Å²) in [6, 6.07) is 17.4. The zero-order valence-corrected chi connectivity index (χ0v) is 29.1. The average Bonchev–Trinajstić information content (AvgIpc) is 3.26. The van der Waals surface area contributed by atoms with Crippen LogP contribution in [0, 0.1) is 5.92 Å². The summed E-state index contributed by atoms with van der Waals surface area (Å²) in [5.74, 6) is 0.268. The molecule has 3 heterocycles. The number of nitrogens with two attached hydrogens (primary N) is 1. The number of aromatic nitrogens is 1. The van der Waals surface area contributed by atoms with E-state index in [1.807, 2.05) is 66.4 Å². The summed E-state index contributed by atoms with van der Waals surface area (Å²) < 4.78 is 6.31. The van der Waals surface area contributed by atoms with Crippen molar-refractivity contribution in [3.05, 3.63) is 93.2 Å². The molecule has 1 unspecified atom stereocenters. The Morgan fingerprint density at radius 2 is 1.46 bits per heavy atom. The first-order valence-electron chi connectivity index (χ1n) is 15.9. The van der Waals surface area contributed by atoms with Gasteiger partial charge in [0.2, 0.25) is 5.91 Å². The normalized spacial score (nSPS) is 25.4. The summed E-state index contributed by atoms with van der Waals surface area (Å²) in [6.07, 6.45) is 3.47. The van der Waals surface area contributed by atoms with Crippen molar-refractivity contribution in [3.8, 4) is 5.75 Å². The fourth-order valence-electron chi connectivity index (χ4n) is 6.94. The van der Waals surface area contributed by atoms with Gasteiger partial charge in [0, 0.05) is 52.9 Å². The van der Waals surface area contributed by atoms with E-state index in [0.717, 1.165) is 16.8 Å². The predicted molar refractivity (Wildman–Crippen MR) is 183 cm³/mol. The summed E-state index contributed by atoms with van der Waals surface area (Å²) in [5, 5.41) is 8.96. The summed E-state index contributed by atoms with van der Waals surface area (Å²) in [6.45, 7) is 13.8. The minimum absolute atomic E-state index is 0.144. The van der Waals surface area contributed by atoms with Crippen LogP contribution in [0.5, 0.6) is 5.75 Å². The van der Waals surface area contributed by atoms with Crippen molar-refractivity contribution in [1.82, 2.24) is 20.5 Å². The number of hydrogen-bond donors (Lipinski definition) is 3. The Morgan fingerprint density at radius 1 is 0.957 bits per heavy atom. The zero-order chi connectivity index (χ0) is 33.5. The summed E-state index contributed by atoms with van der Waals surface area (Å²) in [4.78, 5) is 33.7. The Bertz CT molecular complexity index is 1520. The number of rotatable bonds is 8. The van der Waals surface area contributed by atoms with Crippen molar-refractivity contribution in [2.24, 2.45) is 11.7 Å². The number of nitrogens with one attached hydrogen (secondary N) is 2. The van der Waals surface area contributed by atoms with Crippen LogP contribution in [0.2, 0.25) is 10.0 Å². The Morgan fingerprint density at radius 3 is 1.89 bits per heavy atom. The molecule has 246 valence electrons. The van der Waals surface area contributed by atoms with E-state index >= 15 is 4.79 Å². The Labute approximate surface area is 282 Å². The maximum Gasteiger partial charge on any atom is 0.262 e. The molecule has 4 N–H and O–H groups in total. The molecule has 0 aliphatic carbocycles. The Balaban J connectivity index is 1.73. The number of carbonyl (C=O) groups excluding carboxylic acids is 2. The number of amides is 2. The van der Waals surface area contributed by atoms with Gasteiger partial charge in [0.25, 0.3) is 5.91 Å². The largest absolute Gasteiger partial charge is 0.493 e. The van der Waals surface area contributed by atoms with E-state index < -0.39 is 16.7 Å². The Kier molecular flexibility index (Phi) is 9.50. The number of hydrogen-bond acceptors (Lipinski definition) is 6. The van der Waals surface area contributed by atoms with Crippen molar-refractivity contribution in [2.45, 2.75) is 83.0 Å². The van der Waals surface area contributed by atoms with Crippen molar-refractivity contribution in [1.29, 1.82) is 0 Å². The fraction of sp³-hybridized carbons (Fsp3) is 0.472. The fourth-order valence-corrected chi connectivity index (χ4v) is 7.19. The molecular weight excluding hydrogens is 621 g/mol. The van der Waals surface area contributed by atoms with Gasteiger partial charge in [-0.05, 0) is 74.9 Å². The summed E-state index contributed by atoms with van der Waals surface area (Å²) in [7, 11) is 0. The first-order valence-corrected chi connectivity index (χ1v) is 16.7. The van der Waals surface area contributed by atoms with E-state index in [4.69, 9.17) is 38.7 Å². The van der Waals surface area contributed by atoms with Crippen LogP contribution in [0.3, 0.4) is 0 Å². The highest BCUT2D eigenvalue weighted by molar-refractivity contribution is 6.30. The number of likely N-dealkylation sites (tertiary alicyclic amines) is 1. The Hall–Kier alpha value is -3.17. The number of carbonyl (C=O) groups is 2. The molecule has 1 aromatic heterocycles. The van der Waals surface area contributed by atoms with Crippen molar-refractivity contribution >= 4 is 35.0 Å². The van der Waals surface area contributed by atoms with Crippen LogP contribution in [0.4, 0.5) is 0 Å². The molecule has 0 saturated carbocycles. The monoisotopic (exact) mass is 665 g/mol. The molecule has 0 radical (unpaired) electrons. The van der Waals surface area contributed by atoms with Crippen molar-refractivity contribution in [3.63, 3.8) is 0 Å². The average molecular weight is 667 g/mol. The second-order valence-electron chi connectivity index (χ2n) is 13.9. The first-order chi connectivity index (χ1) is 21.6. The number of ether oxygens (including phenoxy) is 1. The number of halogens is 2. The number of primary amides is 1. The van der Waals surface area contributed by atoms with Gasteiger partial charge >= 0.3 is 0 Å². The van der Waals surface area contributed by atoms with Crippen LogP contribution in [-0.4, -0.2) is 41.4 Å². The van der Waals surface area contributed by atoms with E-state index in [1.165, 1.54) is 0 Å². The SMILES string of the molecule is CCOc1cc(C(C)(C)C)ncc1C1(C(=O)N2CCC(CC(N)=O)CC2)N[C@@](C)(c2ccc(Cl)cc2)[C@@](C)(c2ccc(Cl)cc2)N1.